The number of hydrogen-bond acceptors (Lipinski definition) is 4. The summed E-state index contributed by atoms with van der Waals surface area (Å²) in [6.07, 6.45) is 6.25. The first-order valence-corrected chi connectivity index (χ1v) is 6.61. The number of anilines is 1. The number of nitrogens with one attached hydrogen (secondary N) is 2. The summed E-state index contributed by atoms with van der Waals surface area (Å²) in [6.45, 7) is 5.42. The molecule has 2 aromatic rings. The van der Waals surface area contributed by atoms with E-state index in [0.29, 0.717) is 11.4 Å². The lowest BCUT2D eigenvalue weighted by atomic mass is 10.2. The summed E-state index contributed by atoms with van der Waals surface area (Å²) in [4.78, 5) is 16.1. The summed E-state index contributed by atoms with van der Waals surface area (Å²) in [6, 6.07) is 11.7. The Labute approximate surface area is 123 Å². The molecule has 0 radical (unpaired) electrons. The van der Waals surface area contributed by atoms with Crippen LogP contribution in [-0.4, -0.2) is 10.8 Å². The van der Waals surface area contributed by atoms with E-state index in [2.05, 4.69) is 22.4 Å². The number of carbonyl (C=O) groups excluding carboxylic acids is 1. The van der Waals surface area contributed by atoms with Crippen LogP contribution in [0.4, 0.5) is 5.82 Å². The highest BCUT2D eigenvalue weighted by Gasteiger charge is 2.01. The zero-order chi connectivity index (χ0) is 15.1. The fourth-order valence-corrected chi connectivity index (χ4v) is 1.80. The zero-order valence-electron chi connectivity index (χ0n) is 11.8. The molecule has 0 aliphatic heterocycles. The highest BCUT2D eigenvalue weighted by Crippen LogP contribution is 2.13. The monoisotopic (exact) mass is 279 g/mol. The van der Waals surface area contributed by atoms with Gasteiger partial charge in [0.2, 0.25) is 0 Å². The third kappa shape index (κ3) is 3.79. The average molecular weight is 279 g/mol. The highest BCUT2D eigenvalue weighted by molar-refractivity contribution is 6.05. The van der Waals surface area contributed by atoms with Gasteiger partial charge >= 0.3 is 0 Å². The number of aromatic nitrogens is 1. The van der Waals surface area contributed by atoms with E-state index in [1.807, 2.05) is 36.4 Å². The number of benzene rings is 1. The Morgan fingerprint density at radius 3 is 2.81 bits per heavy atom. The molecule has 0 saturated carbocycles. The molecule has 4 nitrogen and oxygen atoms in total. The van der Waals surface area contributed by atoms with Gasteiger partial charge in [0.25, 0.3) is 0 Å². The number of allylic oxidation sites excluding steroid dienone is 4. The van der Waals surface area contributed by atoms with Crippen LogP contribution in [0.3, 0.4) is 0 Å². The van der Waals surface area contributed by atoms with Crippen LogP contribution in [0.2, 0.25) is 0 Å². The number of nitrogens with zero attached hydrogens (tertiary/aromatic N) is 1. The Kier molecular flexibility index (Phi) is 4.88. The van der Waals surface area contributed by atoms with E-state index in [4.69, 9.17) is 0 Å². The van der Waals surface area contributed by atoms with Crippen molar-refractivity contribution in [2.45, 2.75) is 6.92 Å². The van der Waals surface area contributed by atoms with E-state index in [-0.39, 0.29) is 5.78 Å². The number of hydrogen-bond donors (Lipinski definition) is 2. The normalized spacial score (nSPS) is 11.6. The third-order valence-electron chi connectivity index (χ3n) is 2.85. The summed E-state index contributed by atoms with van der Waals surface area (Å²) < 4.78 is 0. The summed E-state index contributed by atoms with van der Waals surface area (Å²) in [5.41, 5.74) is 7.17. The van der Waals surface area contributed by atoms with Crippen LogP contribution in [0.15, 0.2) is 73.0 Å². The minimum Gasteiger partial charge on any atom is -0.306 e. The molecule has 0 atom stereocenters. The van der Waals surface area contributed by atoms with Gasteiger partial charge in [-0.25, -0.2) is 4.98 Å². The zero-order valence-corrected chi connectivity index (χ0v) is 11.8. The van der Waals surface area contributed by atoms with Crippen LogP contribution in [0, 0.1) is 0 Å². The van der Waals surface area contributed by atoms with Crippen molar-refractivity contribution in [3.63, 3.8) is 0 Å². The van der Waals surface area contributed by atoms with Gasteiger partial charge in [0.05, 0.1) is 5.52 Å². The summed E-state index contributed by atoms with van der Waals surface area (Å²) >= 11 is 0. The lowest BCUT2D eigenvalue weighted by molar-refractivity contribution is -0.111. The Bertz CT molecular complexity index is 717. The highest BCUT2D eigenvalue weighted by atomic mass is 16.1. The van der Waals surface area contributed by atoms with Crippen LogP contribution in [0.25, 0.3) is 10.9 Å². The summed E-state index contributed by atoms with van der Waals surface area (Å²) in [5, 5.41) is 1.08. The van der Waals surface area contributed by atoms with Crippen molar-refractivity contribution in [3.05, 3.63) is 73.0 Å². The molecule has 1 heterocycles. The molecule has 0 saturated heterocycles. The first kappa shape index (κ1) is 14.5. The first-order valence-electron chi connectivity index (χ1n) is 6.61. The topological polar surface area (TPSA) is 54.0 Å². The van der Waals surface area contributed by atoms with Crippen LogP contribution >= 0.6 is 0 Å². The lowest BCUT2D eigenvalue weighted by Gasteiger charge is -2.07. The lowest BCUT2D eigenvalue weighted by Crippen LogP contribution is -2.17. The number of carbonyl (C=O) groups is 1. The number of ketones is 1. The maximum Gasteiger partial charge on any atom is 0.187 e. The quantitative estimate of drug-likeness (QED) is 0.483. The van der Waals surface area contributed by atoms with Crippen LogP contribution in [0.1, 0.15) is 6.92 Å². The second-order valence-electron chi connectivity index (χ2n) is 4.33. The summed E-state index contributed by atoms with van der Waals surface area (Å²) in [7, 11) is 0. The van der Waals surface area contributed by atoms with Crippen molar-refractivity contribution in [2.75, 3.05) is 5.43 Å². The van der Waals surface area contributed by atoms with Gasteiger partial charge in [-0.1, -0.05) is 36.9 Å². The van der Waals surface area contributed by atoms with Gasteiger partial charge in [0.1, 0.15) is 5.82 Å². The number of para-hydroxylation sites is 1. The molecule has 0 unspecified atom stereocenters. The maximum atomic E-state index is 11.7. The standard InChI is InChI=1S/C17H17N3O/c1-3-7-16(21)13(4-2)12-18-20-17-11-10-14-8-5-6-9-15(14)19-17/h3-12,18H,2H2,1H3,(H,19,20)/b7-3-,13-12?. The second-order valence-corrected chi connectivity index (χ2v) is 4.33. The van der Waals surface area contributed by atoms with Crippen LogP contribution in [-0.2, 0) is 4.79 Å². The number of pyridine rings is 1. The average Bonchev–Trinajstić information content (AvgIpc) is 2.51. The van der Waals surface area contributed by atoms with E-state index in [9.17, 15) is 4.79 Å². The molecule has 0 aliphatic carbocycles. The van der Waals surface area contributed by atoms with Crippen molar-refractivity contribution >= 4 is 22.5 Å². The minimum absolute atomic E-state index is 0.103. The van der Waals surface area contributed by atoms with Gasteiger partial charge in [-0.05, 0) is 31.2 Å². The Balaban J connectivity index is 2.07. The fraction of sp³-hybridized carbons (Fsp3) is 0.0588. The van der Waals surface area contributed by atoms with Crippen molar-refractivity contribution in [2.24, 2.45) is 0 Å². The van der Waals surface area contributed by atoms with Crippen molar-refractivity contribution in [1.29, 1.82) is 0 Å². The molecule has 0 fully saturated rings. The second kappa shape index (κ2) is 7.05. The fourth-order valence-electron chi connectivity index (χ4n) is 1.80. The predicted octanol–water partition coefficient (Wildman–Crippen LogP) is 3.37. The van der Waals surface area contributed by atoms with E-state index in [1.54, 1.807) is 19.2 Å². The van der Waals surface area contributed by atoms with Crippen LogP contribution < -0.4 is 10.9 Å². The van der Waals surface area contributed by atoms with Gasteiger partial charge in [-0.15, -0.1) is 0 Å². The predicted molar refractivity (Wildman–Crippen MR) is 86.6 cm³/mol. The Morgan fingerprint density at radius 2 is 2.05 bits per heavy atom. The summed E-state index contributed by atoms with van der Waals surface area (Å²) in [5.74, 6) is 0.570. The van der Waals surface area contributed by atoms with Gasteiger partial charge in [0, 0.05) is 17.2 Å². The number of fused-ring (bicyclic) bond motifs is 1. The Morgan fingerprint density at radius 1 is 1.24 bits per heavy atom. The van der Waals surface area contributed by atoms with E-state index in [1.165, 1.54) is 12.2 Å². The third-order valence-corrected chi connectivity index (χ3v) is 2.85. The Hall–Kier alpha value is -2.88. The van der Waals surface area contributed by atoms with Gasteiger partial charge < -0.3 is 5.43 Å². The van der Waals surface area contributed by atoms with Gasteiger partial charge in [0.15, 0.2) is 5.78 Å². The minimum atomic E-state index is -0.103. The molecule has 0 aliphatic rings. The smallest absolute Gasteiger partial charge is 0.187 e. The van der Waals surface area contributed by atoms with E-state index in [0.717, 1.165) is 10.9 Å². The molecule has 0 bridgehead atoms. The van der Waals surface area contributed by atoms with Crippen molar-refractivity contribution in [3.8, 4) is 0 Å². The molecule has 106 valence electrons. The van der Waals surface area contributed by atoms with E-state index < -0.39 is 0 Å². The SMILES string of the molecule is C=CC(=CNNc1ccc2ccccc2n1)C(=O)/C=C\C. The van der Waals surface area contributed by atoms with Gasteiger partial charge in [-0.3, -0.25) is 10.2 Å². The van der Waals surface area contributed by atoms with Crippen molar-refractivity contribution < 1.29 is 4.79 Å². The van der Waals surface area contributed by atoms with Gasteiger partial charge in [-0.2, -0.15) is 0 Å². The molecule has 2 rings (SSSR count). The molecule has 0 spiro atoms. The molecular weight excluding hydrogens is 262 g/mol. The van der Waals surface area contributed by atoms with Crippen molar-refractivity contribution in [1.82, 2.24) is 10.4 Å². The first-order chi connectivity index (χ1) is 10.2. The molecule has 1 aromatic heterocycles. The maximum absolute atomic E-state index is 11.7. The van der Waals surface area contributed by atoms with Crippen LogP contribution in [0.5, 0.6) is 0 Å². The van der Waals surface area contributed by atoms with E-state index >= 15 is 0 Å². The molecule has 1 aromatic carbocycles. The molecule has 0 amide bonds. The molecular formula is C17H17N3O. The molecule has 2 N–H and O–H groups in total. The molecule has 21 heavy (non-hydrogen) atoms. The largest absolute Gasteiger partial charge is 0.306 e. The number of hydrazine groups is 1. The molecule has 4 heteroatoms. The number of rotatable bonds is 6.